The van der Waals surface area contributed by atoms with Crippen molar-refractivity contribution in [3.05, 3.63) is 52.0 Å². The third kappa shape index (κ3) is 3.72. The number of carbonyl (C=O) groups excluding carboxylic acids is 2. The van der Waals surface area contributed by atoms with Gasteiger partial charge in [-0.15, -0.1) is 0 Å². The Kier molecular flexibility index (Phi) is 4.78. The van der Waals surface area contributed by atoms with E-state index >= 15 is 0 Å². The standard InChI is InChI=1S/C16H11Cl2NO5/c17-10-2-1-3-11(6-10)19-14(20)7-22-16(21)9-4-12(18)15-13(5-9)23-8-24-15/h1-6H,7-8H2,(H,19,20). The molecule has 24 heavy (non-hydrogen) atoms. The van der Waals surface area contributed by atoms with Crippen molar-refractivity contribution in [3.63, 3.8) is 0 Å². The molecule has 1 N–H and O–H groups in total. The number of rotatable bonds is 4. The normalized spacial score (nSPS) is 11.9. The Balaban J connectivity index is 1.59. The van der Waals surface area contributed by atoms with Crippen LogP contribution in [0, 0.1) is 0 Å². The highest BCUT2D eigenvalue weighted by Gasteiger charge is 2.21. The monoisotopic (exact) mass is 367 g/mol. The van der Waals surface area contributed by atoms with Gasteiger partial charge in [-0.1, -0.05) is 29.3 Å². The Morgan fingerprint density at radius 1 is 1.17 bits per heavy atom. The van der Waals surface area contributed by atoms with E-state index in [1.165, 1.54) is 12.1 Å². The summed E-state index contributed by atoms with van der Waals surface area (Å²) in [6.45, 7) is -0.410. The number of amides is 1. The molecule has 1 aliphatic rings. The molecule has 0 bridgehead atoms. The lowest BCUT2D eigenvalue weighted by molar-refractivity contribution is -0.119. The fourth-order valence-electron chi connectivity index (χ4n) is 2.06. The summed E-state index contributed by atoms with van der Waals surface area (Å²) in [4.78, 5) is 23.8. The molecule has 0 radical (unpaired) electrons. The molecular weight excluding hydrogens is 357 g/mol. The van der Waals surface area contributed by atoms with Gasteiger partial charge in [0, 0.05) is 10.7 Å². The highest BCUT2D eigenvalue weighted by Crippen LogP contribution is 2.39. The second-order valence-corrected chi connectivity index (χ2v) is 5.67. The van der Waals surface area contributed by atoms with Crippen LogP contribution in [0.25, 0.3) is 0 Å². The van der Waals surface area contributed by atoms with Crippen molar-refractivity contribution in [2.75, 3.05) is 18.7 Å². The van der Waals surface area contributed by atoms with Crippen LogP contribution in [0.4, 0.5) is 5.69 Å². The van der Waals surface area contributed by atoms with Gasteiger partial charge in [-0.2, -0.15) is 0 Å². The van der Waals surface area contributed by atoms with Crippen LogP contribution < -0.4 is 14.8 Å². The molecule has 6 nitrogen and oxygen atoms in total. The van der Waals surface area contributed by atoms with Crippen LogP contribution in [0.15, 0.2) is 36.4 Å². The number of halogens is 2. The van der Waals surface area contributed by atoms with Crippen LogP contribution in [0.1, 0.15) is 10.4 Å². The predicted octanol–water partition coefficient (Wildman–Crippen LogP) is 3.52. The number of hydrogen-bond acceptors (Lipinski definition) is 5. The first-order valence-electron chi connectivity index (χ1n) is 6.84. The number of benzene rings is 2. The number of fused-ring (bicyclic) bond motifs is 1. The molecule has 0 saturated heterocycles. The summed E-state index contributed by atoms with van der Waals surface area (Å²) in [6, 6.07) is 9.47. The van der Waals surface area contributed by atoms with Crippen molar-refractivity contribution in [1.29, 1.82) is 0 Å². The maximum Gasteiger partial charge on any atom is 0.338 e. The Hall–Kier alpha value is -2.44. The van der Waals surface area contributed by atoms with E-state index in [-0.39, 0.29) is 17.4 Å². The second kappa shape index (κ2) is 6.98. The van der Waals surface area contributed by atoms with E-state index in [1.54, 1.807) is 24.3 Å². The number of ether oxygens (including phenoxy) is 3. The SMILES string of the molecule is O=C(COC(=O)c1cc(Cl)c2c(c1)OCO2)Nc1cccc(Cl)c1. The maximum absolute atomic E-state index is 12.0. The molecule has 124 valence electrons. The molecule has 3 rings (SSSR count). The van der Waals surface area contributed by atoms with Crippen molar-refractivity contribution in [2.45, 2.75) is 0 Å². The van der Waals surface area contributed by atoms with Gasteiger partial charge in [-0.3, -0.25) is 4.79 Å². The Bertz CT molecular complexity index is 809. The van der Waals surface area contributed by atoms with E-state index in [0.29, 0.717) is 22.2 Å². The van der Waals surface area contributed by atoms with E-state index < -0.39 is 18.5 Å². The van der Waals surface area contributed by atoms with Gasteiger partial charge in [0.05, 0.1) is 10.6 Å². The van der Waals surface area contributed by atoms with Crippen molar-refractivity contribution in [2.24, 2.45) is 0 Å². The van der Waals surface area contributed by atoms with Crippen LogP contribution in [-0.4, -0.2) is 25.3 Å². The number of hydrogen-bond donors (Lipinski definition) is 1. The van der Waals surface area contributed by atoms with E-state index in [1.807, 2.05) is 0 Å². The molecule has 0 spiro atoms. The lowest BCUT2D eigenvalue weighted by Gasteiger charge is -2.08. The van der Waals surface area contributed by atoms with E-state index in [4.69, 9.17) is 37.4 Å². The minimum Gasteiger partial charge on any atom is -0.454 e. The Morgan fingerprint density at radius 2 is 2.00 bits per heavy atom. The van der Waals surface area contributed by atoms with Crippen LogP contribution in [0.2, 0.25) is 10.0 Å². The molecule has 1 amide bonds. The van der Waals surface area contributed by atoms with Gasteiger partial charge in [-0.05, 0) is 30.3 Å². The topological polar surface area (TPSA) is 73.9 Å². The lowest BCUT2D eigenvalue weighted by Crippen LogP contribution is -2.20. The summed E-state index contributed by atoms with van der Waals surface area (Å²) < 4.78 is 15.3. The van der Waals surface area contributed by atoms with E-state index in [9.17, 15) is 9.59 Å². The molecule has 0 saturated carbocycles. The van der Waals surface area contributed by atoms with Crippen LogP contribution in [0.3, 0.4) is 0 Å². The van der Waals surface area contributed by atoms with Crippen molar-refractivity contribution < 1.29 is 23.8 Å². The number of nitrogens with one attached hydrogen (secondary N) is 1. The summed E-state index contributed by atoms with van der Waals surface area (Å²) >= 11 is 11.8. The smallest absolute Gasteiger partial charge is 0.338 e. The minimum atomic E-state index is -0.698. The highest BCUT2D eigenvalue weighted by molar-refractivity contribution is 6.32. The van der Waals surface area contributed by atoms with E-state index in [2.05, 4.69) is 5.32 Å². The van der Waals surface area contributed by atoms with Crippen molar-refractivity contribution in [3.8, 4) is 11.5 Å². The molecule has 0 atom stereocenters. The fraction of sp³-hybridized carbons (Fsp3) is 0.125. The quantitative estimate of drug-likeness (QED) is 0.836. The minimum absolute atomic E-state index is 0.0373. The number of carbonyl (C=O) groups is 2. The molecule has 2 aromatic carbocycles. The van der Waals surface area contributed by atoms with Crippen LogP contribution in [0.5, 0.6) is 11.5 Å². The zero-order chi connectivity index (χ0) is 17.1. The largest absolute Gasteiger partial charge is 0.454 e. The first-order chi connectivity index (χ1) is 11.5. The fourth-order valence-corrected chi connectivity index (χ4v) is 2.52. The van der Waals surface area contributed by atoms with Crippen LogP contribution in [-0.2, 0) is 9.53 Å². The Labute approximate surface area is 147 Å². The Morgan fingerprint density at radius 3 is 2.79 bits per heavy atom. The zero-order valence-electron chi connectivity index (χ0n) is 12.2. The number of esters is 1. The van der Waals surface area contributed by atoms with Gasteiger partial charge in [0.15, 0.2) is 18.1 Å². The van der Waals surface area contributed by atoms with Gasteiger partial charge in [0.2, 0.25) is 6.79 Å². The third-order valence-corrected chi connectivity index (χ3v) is 3.62. The molecule has 0 aliphatic carbocycles. The average Bonchev–Trinajstić information content (AvgIpc) is 3.01. The van der Waals surface area contributed by atoms with Gasteiger partial charge < -0.3 is 19.5 Å². The molecule has 2 aromatic rings. The zero-order valence-corrected chi connectivity index (χ0v) is 13.7. The van der Waals surface area contributed by atoms with Gasteiger partial charge >= 0.3 is 5.97 Å². The third-order valence-electron chi connectivity index (χ3n) is 3.11. The molecule has 8 heteroatoms. The molecular formula is C16H11Cl2NO5. The maximum atomic E-state index is 12.0. The highest BCUT2D eigenvalue weighted by atomic mass is 35.5. The molecule has 1 heterocycles. The summed E-state index contributed by atoms with van der Waals surface area (Å²) in [5, 5.41) is 3.29. The van der Waals surface area contributed by atoms with Gasteiger partial charge in [0.1, 0.15) is 0 Å². The first kappa shape index (κ1) is 16.4. The lowest BCUT2D eigenvalue weighted by atomic mass is 10.2. The van der Waals surface area contributed by atoms with Gasteiger partial charge in [-0.25, -0.2) is 4.79 Å². The summed E-state index contributed by atoms with van der Waals surface area (Å²) in [5.41, 5.74) is 0.675. The van der Waals surface area contributed by atoms with Crippen molar-refractivity contribution >= 4 is 40.8 Å². The molecule has 0 unspecified atom stereocenters. The summed E-state index contributed by atoms with van der Waals surface area (Å²) in [5.74, 6) is -0.446. The summed E-state index contributed by atoms with van der Waals surface area (Å²) in [6.07, 6.45) is 0. The molecule has 1 aliphatic heterocycles. The molecule has 0 aromatic heterocycles. The summed E-state index contributed by atoms with van der Waals surface area (Å²) in [7, 11) is 0. The average molecular weight is 368 g/mol. The predicted molar refractivity (Wildman–Crippen MR) is 87.9 cm³/mol. The second-order valence-electron chi connectivity index (χ2n) is 4.83. The van der Waals surface area contributed by atoms with Crippen molar-refractivity contribution in [1.82, 2.24) is 0 Å². The van der Waals surface area contributed by atoms with Crippen LogP contribution >= 0.6 is 23.2 Å². The van der Waals surface area contributed by atoms with E-state index in [0.717, 1.165) is 0 Å². The number of anilines is 1. The first-order valence-corrected chi connectivity index (χ1v) is 7.60. The van der Waals surface area contributed by atoms with Gasteiger partial charge in [0.25, 0.3) is 5.91 Å². The molecule has 0 fully saturated rings.